The molecule has 0 spiro atoms. The SMILES string of the molecule is C[C@H](/C=C/CCO)[C@@]1(O)C(=O)Nc2ccc(N3CCC3=O)cc21. The second-order valence-corrected chi connectivity index (χ2v) is 5.97. The van der Waals surface area contributed by atoms with Gasteiger partial charge in [0.25, 0.3) is 5.91 Å². The molecule has 2 aliphatic rings. The molecule has 0 aromatic heterocycles. The van der Waals surface area contributed by atoms with Crippen LogP contribution in [-0.2, 0) is 15.2 Å². The number of amides is 2. The molecule has 3 rings (SSSR count). The maximum atomic E-state index is 12.3. The Morgan fingerprint density at radius 1 is 1.43 bits per heavy atom. The minimum absolute atomic E-state index is 0.0195. The van der Waals surface area contributed by atoms with Crippen molar-refractivity contribution in [1.29, 1.82) is 0 Å². The third-order valence-corrected chi connectivity index (χ3v) is 4.55. The van der Waals surface area contributed by atoms with Crippen LogP contribution in [0, 0.1) is 5.92 Å². The number of benzene rings is 1. The minimum atomic E-state index is -1.68. The molecule has 2 amide bonds. The molecule has 0 unspecified atom stereocenters. The largest absolute Gasteiger partial charge is 0.396 e. The molecule has 6 nitrogen and oxygen atoms in total. The van der Waals surface area contributed by atoms with Gasteiger partial charge in [-0.1, -0.05) is 19.1 Å². The van der Waals surface area contributed by atoms with Gasteiger partial charge >= 0.3 is 0 Å². The highest BCUT2D eigenvalue weighted by Crippen LogP contribution is 2.43. The topological polar surface area (TPSA) is 89.9 Å². The quantitative estimate of drug-likeness (QED) is 0.561. The van der Waals surface area contributed by atoms with Gasteiger partial charge in [0.1, 0.15) is 0 Å². The maximum absolute atomic E-state index is 12.3. The standard InChI is InChI=1S/C17H20N2O4/c1-11(4-2-3-9-20)17(23)13-10-12(19-8-7-15(19)21)5-6-14(13)18-16(17)22/h2,4-6,10-11,20,23H,3,7-9H2,1H3,(H,18,22)/b4-2+/t11-,17+/m1/s1. The lowest BCUT2D eigenvalue weighted by atomic mass is 9.82. The van der Waals surface area contributed by atoms with Gasteiger partial charge in [0.15, 0.2) is 5.60 Å². The fourth-order valence-electron chi connectivity index (χ4n) is 3.02. The molecule has 0 aliphatic carbocycles. The molecule has 1 saturated heterocycles. The van der Waals surface area contributed by atoms with E-state index in [1.54, 1.807) is 42.2 Å². The van der Waals surface area contributed by atoms with Crippen LogP contribution in [0.3, 0.4) is 0 Å². The van der Waals surface area contributed by atoms with Gasteiger partial charge in [-0.25, -0.2) is 0 Å². The van der Waals surface area contributed by atoms with Crippen LogP contribution in [0.15, 0.2) is 30.4 Å². The highest BCUT2D eigenvalue weighted by molar-refractivity contribution is 6.06. The van der Waals surface area contributed by atoms with Gasteiger partial charge in [-0.05, 0) is 24.6 Å². The minimum Gasteiger partial charge on any atom is -0.396 e. The average Bonchev–Trinajstić information content (AvgIpc) is 2.78. The number of hydrogen-bond acceptors (Lipinski definition) is 4. The van der Waals surface area contributed by atoms with Crippen LogP contribution < -0.4 is 10.2 Å². The second kappa shape index (κ2) is 5.79. The average molecular weight is 316 g/mol. The number of carbonyl (C=O) groups is 2. The Hall–Kier alpha value is -2.18. The van der Waals surface area contributed by atoms with Gasteiger partial charge in [0.2, 0.25) is 5.91 Å². The van der Waals surface area contributed by atoms with Gasteiger partial charge in [0.05, 0.1) is 0 Å². The number of aliphatic hydroxyl groups is 2. The summed E-state index contributed by atoms with van der Waals surface area (Å²) in [5.41, 5.74) is 0.0736. The molecule has 1 aromatic carbocycles. The van der Waals surface area contributed by atoms with Gasteiger partial charge in [-0.2, -0.15) is 0 Å². The number of nitrogens with zero attached hydrogens (tertiary/aromatic N) is 1. The Bertz CT molecular complexity index is 685. The maximum Gasteiger partial charge on any atom is 0.261 e. The van der Waals surface area contributed by atoms with E-state index in [0.717, 1.165) is 0 Å². The molecule has 2 heterocycles. The molecule has 1 fully saturated rings. The molecule has 0 bridgehead atoms. The summed E-state index contributed by atoms with van der Waals surface area (Å²) in [4.78, 5) is 25.6. The van der Waals surface area contributed by atoms with E-state index in [2.05, 4.69) is 5.32 Å². The predicted molar refractivity (Wildman–Crippen MR) is 85.9 cm³/mol. The van der Waals surface area contributed by atoms with Crippen LogP contribution in [0.5, 0.6) is 0 Å². The van der Waals surface area contributed by atoms with E-state index in [-0.39, 0.29) is 12.5 Å². The zero-order valence-corrected chi connectivity index (χ0v) is 13.0. The van der Waals surface area contributed by atoms with Crippen LogP contribution >= 0.6 is 0 Å². The first-order valence-electron chi connectivity index (χ1n) is 7.74. The Labute approximate surface area is 134 Å². The first-order chi connectivity index (χ1) is 11.0. The molecular weight excluding hydrogens is 296 g/mol. The van der Waals surface area contributed by atoms with E-state index in [1.807, 2.05) is 0 Å². The van der Waals surface area contributed by atoms with E-state index in [9.17, 15) is 14.7 Å². The van der Waals surface area contributed by atoms with Crippen molar-refractivity contribution < 1.29 is 19.8 Å². The van der Waals surface area contributed by atoms with E-state index < -0.39 is 17.4 Å². The molecule has 0 radical (unpaired) electrons. The number of carbonyl (C=O) groups excluding carboxylic acids is 2. The molecular formula is C17H20N2O4. The number of anilines is 2. The fraction of sp³-hybridized carbons (Fsp3) is 0.412. The monoisotopic (exact) mass is 316 g/mol. The van der Waals surface area contributed by atoms with Crippen molar-refractivity contribution in [1.82, 2.24) is 0 Å². The highest BCUT2D eigenvalue weighted by Gasteiger charge is 2.49. The van der Waals surface area contributed by atoms with Gasteiger partial charge in [-0.3, -0.25) is 9.59 Å². The van der Waals surface area contributed by atoms with Crippen LogP contribution in [-0.4, -0.2) is 35.2 Å². The summed E-state index contributed by atoms with van der Waals surface area (Å²) in [5.74, 6) is -0.889. The van der Waals surface area contributed by atoms with E-state index in [4.69, 9.17) is 5.11 Å². The van der Waals surface area contributed by atoms with Crippen LogP contribution in [0.1, 0.15) is 25.3 Å². The molecule has 23 heavy (non-hydrogen) atoms. The Morgan fingerprint density at radius 3 is 2.83 bits per heavy atom. The number of nitrogens with one attached hydrogen (secondary N) is 1. The van der Waals surface area contributed by atoms with Gasteiger partial charge in [0, 0.05) is 42.4 Å². The lowest BCUT2D eigenvalue weighted by Crippen LogP contribution is -2.44. The van der Waals surface area contributed by atoms with Crippen LogP contribution in [0.25, 0.3) is 0 Å². The van der Waals surface area contributed by atoms with E-state index >= 15 is 0 Å². The van der Waals surface area contributed by atoms with Crippen LogP contribution in [0.2, 0.25) is 0 Å². The van der Waals surface area contributed by atoms with Crippen LogP contribution in [0.4, 0.5) is 11.4 Å². The number of fused-ring (bicyclic) bond motifs is 1. The summed E-state index contributed by atoms with van der Waals surface area (Å²) in [6, 6.07) is 5.20. The van der Waals surface area contributed by atoms with Crippen molar-refractivity contribution in [2.24, 2.45) is 5.92 Å². The Morgan fingerprint density at radius 2 is 2.22 bits per heavy atom. The normalized spacial score (nSPS) is 24.6. The van der Waals surface area contributed by atoms with Crippen molar-refractivity contribution >= 4 is 23.2 Å². The smallest absolute Gasteiger partial charge is 0.261 e. The van der Waals surface area contributed by atoms with Crippen molar-refractivity contribution in [2.75, 3.05) is 23.4 Å². The van der Waals surface area contributed by atoms with Gasteiger partial charge in [-0.15, -0.1) is 0 Å². The molecule has 2 aliphatic heterocycles. The predicted octanol–water partition coefficient (Wildman–Crippen LogP) is 1.14. The van der Waals surface area contributed by atoms with Crippen molar-refractivity contribution in [3.8, 4) is 0 Å². The van der Waals surface area contributed by atoms with Gasteiger partial charge < -0.3 is 20.4 Å². The summed E-state index contributed by atoms with van der Waals surface area (Å²) in [5, 5.41) is 22.6. The summed E-state index contributed by atoms with van der Waals surface area (Å²) in [6.07, 6.45) is 4.47. The Kier molecular flexibility index (Phi) is 3.95. The zero-order valence-electron chi connectivity index (χ0n) is 13.0. The summed E-state index contributed by atoms with van der Waals surface area (Å²) < 4.78 is 0. The van der Waals surface area contributed by atoms with E-state index in [1.165, 1.54) is 0 Å². The number of hydrogen-bond donors (Lipinski definition) is 3. The molecule has 122 valence electrons. The summed E-state index contributed by atoms with van der Waals surface area (Å²) in [6.45, 7) is 2.43. The first kappa shape index (κ1) is 15.7. The molecule has 3 N–H and O–H groups in total. The lowest BCUT2D eigenvalue weighted by Gasteiger charge is -2.32. The number of rotatable bonds is 5. The summed E-state index contributed by atoms with van der Waals surface area (Å²) >= 11 is 0. The lowest BCUT2D eigenvalue weighted by molar-refractivity contribution is -0.137. The van der Waals surface area contributed by atoms with Crippen molar-refractivity contribution in [3.05, 3.63) is 35.9 Å². The van der Waals surface area contributed by atoms with Crippen molar-refractivity contribution in [2.45, 2.75) is 25.4 Å². The molecule has 0 saturated carbocycles. The summed E-state index contributed by atoms with van der Waals surface area (Å²) in [7, 11) is 0. The number of aliphatic hydroxyl groups excluding tert-OH is 1. The first-order valence-corrected chi connectivity index (χ1v) is 7.74. The molecule has 1 aromatic rings. The van der Waals surface area contributed by atoms with E-state index in [0.29, 0.717) is 36.3 Å². The second-order valence-electron chi connectivity index (χ2n) is 5.97. The fourth-order valence-corrected chi connectivity index (χ4v) is 3.02. The highest BCUT2D eigenvalue weighted by atomic mass is 16.3. The third kappa shape index (κ3) is 2.44. The molecule has 6 heteroatoms. The Balaban J connectivity index is 1.96. The van der Waals surface area contributed by atoms with Crippen molar-refractivity contribution in [3.63, 3.8) is 0 Å². The molecule has 2 atom stereocenters. The number of β-lactam (4-membered cyclic amide) rings is 1. The third-order valence-electron chi connectivity index (χ3n) is 4.55. The zero-order chi connectivity index (χ0) is 16.6.